The number of carbonyl (C=O) groups excluding carboxylic acids is 1. The normalized spacial score (nSPS) is 12.6. The second-order valence-corrected chi connectivity index (χ2v) is 4.87. The maximum Gasteiger partial charge on any atom is 0.422 e. The zero-order chi connectivity index (χ0) is 16.8. The summed E-state index contributed by atoms with van der Waals surface area (Å²) in [5.41, 5.74) is 0.0407. The average Bonchev–Trinajstić information content (AvgIpc) is 2.44. The fourth-order valence-electron chi connectivity index (χ4n) is 1.50. The highest BCUT2D eigenvalue weighted by atomic mass is 35.5. The lowest BCUT2D eigenvalue weighted by Gasteiger charge is -2.17. The first-order valence-electron chi connectivity index (χ1n) is 6.42. The quantitative estimate of drug-likeness (QED) is 0.745. The van der Waals surface area contributed by atoms with Crippen LogP contribution >= 0.6 is 11.6 Å². The van der Waals surface area contributed by atoms with Crippen LogP contribution in [0.2, 0.25) is 5.02 Å². The van der Waals surface area contributed by atoms with Crippen LogP contribution < -0.4 is 15.4 Å². The molecule has 0 aliphatic rings. The number of rotatable bonds is 6. The minimum Gasteiger partial charge on any atom is -0.482 e. The molecule has 1 atom stereocenters. The van der Waals surface area contributed by atoms with Gasteiger partial charge in [-0.3, -0.25) is 0 Å². The molecule has 1 aromatic carbocycles. The van der Waals surface area contributed by atoms with Gasteiger partial charge in [-0.15, -0.1) is 0 Å². The lowest BCUT2D eigenvalue weighted by atomic mass is 10.2. The van der Waals surface area contributed by atoms with Gasteiger partial charge in [0.05, 0.1) is 18.3 Å². The number of amides is 2. The Hall–Kier alpha value is -1.67. The molecule has 9 heteroatoms. The highest BCUT2D eigenvalue weighted by Gasteiger charge is 2.29. The molecule has 1 rings (SSSR count). The summed E-state index contributed by atoms with van der Waals surface area (Å²) in [4.78, 5) is 11.7. The van der Waals surface area contributed by atoms with Crippen LogP contribution in [0.1, 0.15) is 13.3 Å². The van der Waals surface area contributed by atoms with Gasteiger partial charge in [0.25, 0.3) is 0 Å². The molecule has 124 valence electrons. The molecule has 0 fully saturated rings. The number of alkyl halides is 3. The number of halogens is 4. The molecule has 5 nitrogen and oxygen atoms in total. The summed E-state index contributed by atoms with van der Waals surface area (Å²) in [7, 11) is 0. The standard InChI is InChI=1S/C13H16ClF3N2O3/c1-2-9(6-20)18-12(21)19-10-4-3-8(14)5-11(10)22-7-13(15,16)17/h3-5,9,20H,2,6-7H2,1H3,(H2,18,19,21). The van der Waals surface area contributed by atoms with Crippen LogP contribution in [0.15, 0.2) is 18.2 Å². The van der Waals surface area contributed by atoms with Gasteiger partial charge in [0.15, 0.2) is 6.61 Å². The first kappa shape index (κ1) is 18.4. The Morgan fingerprint density at radius 2 is 2.14 bits per heavy atom. The lowest BCUT2D eigenvalue weighted by Crippen LogP contribution is -2.39. The van der Waals surface area contributed by atoms with Gasteiger partial charge >= 0.3 is 12.2 Å². The summed E-state index contributed by atoms with van der Waals surface area (Å²) in [6.07, 6.45) is -4.01. The van der Waals surface area contributed by atoms with Crippen molar-refractivity contribution in [2.45, 2.75) is 25.6 Å². The van der Waals surface area contributed by atoms with Crippen molar-refractivity contribution in [2.75, 3.05) is 18.5 Å². The average molecular weight is 341 g/mol. The Morgan fingerprint density at radius 3 is 2.68 bits per heavy atom. The molecule has 0 bridgehead atoms. The van der Waals surface area contributed by atoms with Crippen molar-refractivity contribution in [1.29, 1.82) is 0 Å². The van der Waals surface area contributed by atoms with Crippen LogP contribution in [0.5, 0.6) is 5.75 Å². The van der Waals surface area contributed by atoms with E-state index in [9.17, 15) is 18.0 Å². The van der Waals surface area contributed by atoms with Gasteiger partial charge in [0.1, 0.15) is 5.75 Å². The number of aliphatic hydroxyl groups is 1. The number of hydrogen-bond acceptors (Lipinski definition) is 3. The number of ether oxygens (including phenoxy) is 1. The first-order valence-corrected chi connectivity index (χ1v) is 6.80. The predicted octanol–water partition coefficient (Wildman–Crippen LogP) is 3.17. The smallest absolute Gasteiger partial charge is 0.422 e. The van der Waals surface area contributed by atoms with Gasteiger partial charge in [-0.1, -0.05) is 18.5 Å². The molecular formula is C13H16ClF3N2O3. The molecule has 0 aliphatic heterocycles. The number of carbonyl (C=O) groups is 1. The van der Waals surface area contributed by atoms with E-state index in [2.05, 4.69) is 15.4 Å². The zero-order valence-electron chi connectivity index (χ0n) is 11.7. The number of aliphatic hydroxyl groups excluding tert-OH is 1. The number of urea groups is 1. The molecule has 1 unspecified atom stereocenters. The van der Waals surface area contributed by atoms with E-state index in [0.29, 0.717) is 6.42 Å². The maximum absolute atomic E-state index is 12.2. The van der Waals surface area contributed by atoms with E-state index in [-0.39, 0.29) is 23.1 Å². The molecule has 0 saturated heterocycles. The van der Waals surface area contributed by atoms with Crippen LogP contribution in [-0.2, 0) is 0 Å². The minimum atomic E-state index is -4.51. The summed E-state index contributed by atoms with van der Waals surface area (Å²) < 4.78 is 41.3. The molecule has 0 saturated carbocycles. The van der Waals surface area contributed by atoms with Crippen molar-refractivity contribution < 1.29 is 27.8 Å². The third-order valence-electron chi connectivity index (χ3n) is 2.63. The van der Waals surface area contributed by atoms with Crippen molar-refractivity contribution in [3.8, 4) is 5.75 Å². The third-order valence-corrected chi connectivity index (χ3v) is 2.87. The van der Waals surface area contributed by atoms with Crippen LogP contribution in [0, 0.1) is 0 Å². The highest BCUT2D eigenvalue weighted by Crippen LogP contribution is 2.29. The molecule has 3 N–H and O–H groups in total. The fourth-order valence-corrected chi connectivity index (χ4v) is 1.66. The second kappa shape index (κ2) is 8.09. The molecular weight excluding hydrogens is 325 g/mol. The molecule has 0 aliphatic carbocycles. The van der Waals surface area contributed by atoms with Crippen LogP contribution in [-0.4, -0.2) is 36.6 Å². The monoisotopic (exact) mass is 340 g/mol. The second-order valence-electron chi connectivity index (χ2n) is 4.43. The summed E-state index contributed by atoms with van der Waals surface area (Å²) in [6.45, 7) is 0.0150. The summed E-state index contributed by atoms with van der Waals surface area (Å²) in [5, 5.41) is 14.0. The van der Waals surface area contributed by atoms with Gasteiger partial charge in [-0.05, 0) is 18.6 Å². The topological polar surface area (TPSA) is 70.6 Å². The van der Waals surface area contributed by atoms with E-state index in [0.717, 1.165) is 0 Å². The van der Waals surface area contributed by atoms with Crippen molar-refractivity contribution in [3.05, 3.63) is 23.2 Å². The Bertz CT molecular complexity index is 508. The van der Waals surface area contributed by atoms with Gasteiger partial charge in [-0.2, -0.15) is 13.2 Å². The Balaban J connectivity index is 2.79. The molecule has 22 heavy (non-hydrogen) atoms. The largest absolute Gasteiger partial charge is 0.482 e. The minimum absolute atomic E-state index is 0.0407. The fraction of sp³-hybridized carbons (Fsp3) is 0.462. The maximum atomic E-state index is 12.2. The van der Waals surface area contributed by atoms with Crippen LogP contribution in [0.3, 0.4) is 0 Å². The molecule has 2 amide bonds. The Kier molecular flexibility index (Phi) is 6.76. The number of nitrogens with one attached hydrogen (secondary N) is 2. The lowest BCUT2D eigenvalue weighted by molar-refractivity contribution is -0.153. The van der Waals surface area contributed by atoms with Gasteiger partial charge in [0.2, 0.25) is 0 Å². The van der Waals surface area contributed by atoms with Crippen molar-refractivity contribution >= 4 is 23.3 Å². The number of anilines is 1. The summed E-state index contributed by atoms with van der Waals surface area (Å²) in [5.74, 6) is -0.197. The molecule has 0 spiro atoms. The van der Waals surface area contributed by atoms with Gasteiger partial charge in [-0.25, -0.2) is 4.79 Å². The number of hydrogen-bond donors (Lipinski definition) is 3. The van der Waals surface area contributed by atoms with Gasteiger partial charge in [0, 0.05) is 11.1 Å². The first-order chi connectivity index (χ1) is 10.2. The van der Waals surface area contributed by atoms with Crippen molar-refractivity contribution in [3.63, 3.8) is 0 Å². The van der Waals surface area contributed by atoms with Crippen LogP contribution in [0.4, 0.5) is 23.7 Å². The van der Waals surface area contributed by atoms with E-state index < -0.39 is 24.9 Å². The van der Waals surface area contributed by atoms with Gasteiger partial charge < -0.3 is 20.5 Å². The van der Waals surface area contributed by atoms with E-state index in [1.165, 1.54) is 18.2 Å². The Morgan fingerprint density at radius 1 is 1.45 bits per heavy atom. The van der Waals surface area contributed by atoms with Crippen molar-refractivity contribution in [2.24, 2.45) is 0 Å². The van der Waals surface area contributed by atoms with Crippen molar-refractivity contribution in [1.82, 2.24) is 5.32 Å². The van der Waals surface area contributed by atoms with Crippen LogP contribution in [0.25, 0.3) is 0 Å². The number of benzene rings is 1. The van der Waals surface area contributed by atoms with E-state index in [4.69, 9.17) is 16.7 Å². The summed E-state index contributed by atoms with van der Waals surface area (Å²) >= 11 is 5.71. The SMILES string of the molecule is CCC(CO)NC(=O)Nc1ccc(Cl)cc1OCC(F)(F)F. The van der Waals surface area contributed by atoms with E-state index >= 15 is 0 Å². The molecule has 1 aromatic rings. The predicted molar refractivity (Wildman–Crippen MR) is 76.3 cm³/mol. The Labute approximate surface area is 130 Å². The zero-order valence-corrected chi connectivity index (χ0v) is 12.5. The molecule has 0 heterocycles. The summed E-state index contributed by atoms with van der Waals surface area (Å²) in [6, 6.07) is 2.78. The molecule has 0 aromatic heterocycles. The van der Waals surface area contributed by atoms with E-state index in [1.807, 2.05) is 0 Å². The van der Waals surface area contributed by atoms with E-state index in [1.54, 1.807) is 6.92 Å². The molecule has 0 radical (unpaired) electrons. The third kappa shape index (κ3) is 6.40. The highest BCUT2D eigenvalue weighted by molar-refractivity contribution is 6.30.